The molecule has 2 heterocycles. The first-order valence-electron chi connectivity index (χ1n) is 9.69. The summed E-state index contributed by atoms with van der Waals surface area (Å²) in [5.41, 5.74) is 5.46. The Hall–Kier alpha value is -3.48. The molecule has 7 nitrogen and oxygen atoms in total. The average molecular weight is 387 g/mol. The predicted molar refractivity (Wildman–Crippen MR) is 116 cm³/mol. The molecule has 1 aliphatic carbocycles. The fourth-order valence-electron chi connectivity index (χ4n) is 3.07. The second-order valence-corrected chi connectivity index (χ2v) is 8.05. The van der Waals surface area contributed by atoms with E-state index in [-0.39, 0.29) is 5.54 Å². The van der Waals surface area contributed by atoms with E-state index in [2.05, 4.69) is 56.7 Å². The van der Waals surface area contributed by atoms with Crippen molar-refractivity contribution in [1.29, 1.82) is 0 Å². The van der Waals surface area contributed by atoms with Gasteiger partial charge in [-0.2, -0.15) is 4.98 Å². The van der Waals surface area contributed by atoms with Gasteiger partial charge in [-0.1, -0.05) is 12.1 Å². The van der Waals surface area contributed by atoms with E-state index in [0.717, 1.165) is 35.5 Å². The van der Waals surface area contributed by atoms with Crippen LogP contribution in [0.4, 0.5) is 17.5 Å². The topological polar surface area (TPSA) is 87.7 Å². The molecule has 29 heavy (non-hydrogen) atoms. The van der Waals surface area contributed by atoms with Crippen LogP contribution < -0.4 is 16.0 Å². The van der Waals surface area contributed by atoms with E-state index in [9.17, 15) is 0 Å². The van der Waals surface area contributed by atoms with Gasteiger partial charge in [-0.15, -0.1) is 0 Å². The van der Waals surface area contributed by atoms with Crippen LogP contribution in [0.2, 0.25) is 0 Å². The molecule has 0 bridgehead atoms. The summed E-state index contributed by atoms with van der Waals surface area (Å²) in [4.78, 5) is 17.0. The molecule has 148 valence electrons. The number of allylic oxidation sites excluding steroid dienone is 2. The van der Waals surface area contributed by atoms with Crippen LogP contribution in [0.15, 0.2) is 66.6 Å². The molecule has 0 fully saturated rings. The van der Waals surface area contributed by atoms with Crippen molar-refractivity contribution in [1.82, 2.24) is 25.3 Å². The first-order valence-corrected chi connectivity index (χ1v) is 9.69. The fraction of sp³-hybridized carbons (Fsp3) is 0.273. The molecule has 0 unspecified atom stereocenters. The molecular formula is C22H25N7. The zero-order valence-electron chi connectivity index (χ0n) is 16.9. The Kier molecular flexibility index (Phi) is 5.12. The molecule has 0 saturated carbocycles. The molecule has 0 atom stereocenters. The monoisotopic (exact) mass is 387 g/mol. The van der Waals surface area contributed by atoms with Crippen molar-refractivity contribution < 1.29 is 0 Å². The highest BCUT2D eigenvalue weighted by atomic mass is 15.1. The first-order chi connectivity index (χ1) is 14.0. The van der Waals surface area contributed by atoms with Gasteiger partial charge in [0.2, 0.25) is 5.95 Å². The second-order valence-electron chi connectivity index (χ2n) is 8.05. The van der Waals surface area contributed by atoms with Gasteiger partial charge in [0.1, 0.15) is 12.1 Å². The summed E-state index contributed by atoms with van der Waals surface area (Å²) < 4.78 is 0. The quantitative estimate of drug-likeness (QED) is 0.574. The second kappa shape index (κ2) is 7.87. The van der Waals surface area contributed by atoms with Crippen LogP contribution in [0.3, 0.4) is 0 Å². The number of rotatable bonds is 6. The third kappa shape index (κ3) is 4.87. The smallest absolute Gasteiger partial charge is 0.229 e. The normalized spacial score (nSPS) is 13.6. The molecule has 0 spiro atoms. The average Bonchev–Trinajstić information content (AvgIpc) is 2.71. The van der Waals surface area contributed by atoms with E-state index < -0.39 is 0 Å². The maximum Gasteiger partial charge on any atom is 0.229 e. The van der Waals surface area contributed by atoms with Gasteiger partial charge in [0, 0.05) is 46.8 Å². The molecule has 0 radical (unpaired) electrons. The highest BCUT2D eigenvalue weighted by Crippen LogP contribution is 2.28. The summed E-state index contributed by atoms with van der Waals surface area (Å²) in [5.74, 6) is 1.33. The standard InChI is InChI=1S/C22H25N7/c1-22(2,3)29-19-9-8-18(19)27-20-10-11-25-21(28-20)26-17-6-4-15(5-7-17)16-12-23-14-24-13-16/h4-7,10-14,29H,8-9H2,1-3H3,(H2,25,26,27,28). The van der Waals surface area contributed by atoms with Crippen molar-refractivity contribution in [2.24, 2.45) is 0 Å². The van der Waals surface area contributed by atoms with Gasteiger partial charge in [0.05, 0.1) is 0 Å². The Labute approximate surface area is 170 Å². The number of aromatic nitrogens is 4. The lowest BCUT2D eigenvalue weighted by Gasteiger charge is -2.32. The number of benzene rings is 1. The largest absolute Gasteiger partial charge is 0.382 e. The van der Waals surface area contributed by atoms with Gasteiger partial charge in [0.15, 0.2) is 0 Å². The minimum absolute atomic E-state index is 0.0547. The van der Waals surface area contributed by atoms with Crippen molar-refractivity contribution in [3.05, 3.63) is 66.6 Å². The number of anilines is 3. The number of hydrogen-bond donors (Lipinski definition) is 3. The Morgan fingerprint density at radius 1 is 0.828 bits per heavy atom. The van der Waals surface area contributed by atoms with E-state index in [0.29, 0.717) is 5.95 Å². The van der Waals surface area contributed by atoms with Gasteiger partial charge in [-0.05, 0) is 57.4 Å². The predicted octanol–water partition coefficient (Wildman–Crippen LogP) is 4.48. The van der Waals surface area contributed by atoms with Gasteiger partial charge >= 0.3 is 0 Å². The Morgan fingerprint density at radius 2 is 1.55 bits per heavy atom. The molecule has 0 saturated heterocycles. The van der Waals surface area contributed by atoms with Crippen molar-refractivity contribution in [3.8, 4) is 11.1 Å². The van der Waals surface area contributed by atoms with E-state index in [1.165, 1.54) is 17.7 Å². The minimum Gasteiger partial charge on any atom is -0.382 e. The zero-order valence-corrected chi connectivity index (χ0v) is 16.9. The third-order valence-electron chi connectivity index (χ3n) is 4.48. The number of nitrogens with one attached hydrogen (secondary N) is 3. The van der Waals surface area contributed by atoms with Crippen LogP contribution in [-0.4, -0.2) is 25.5 Å². The molecule has 3 N–H and O–H groups in total. The zero-order chi connectivity index (χ0) is 20.3. The molecule has 4 rings (SSSR count). The highest BCUT2D eigenvalue weighted by Gasteiger charge is 2.22. The molecule has 7 heteroatoms. The highest BCUT2D eigenvalue weighted by molar-refractivity contribution is 5.66. The van der Waals surface area contributed by atoms with E-state index in [4.69, 9.17) is 0 Å². The Balaban J connectivity index is 1.44. The van der Waals surface area contributed by atoms with E-state index in [1.54, 1.807) is 18.6 Å². The SMILES string of the molecule is CC(C)(C)NC1=C(Nc2ccnc(Nc3ccc(-c4cncnc4)cc3)n2)CC1. The van der Waals surface area contributed by atoms with Gasteiger partial charge in [0.25, 0.3) is 0 Å². The van der Waals surface area contributed by atoms with E-state index >= 15 is 0 Å². The van der Waals surface area contributed by atoms with Gasteiger partial charge in [-0.25, -0.2) is 15.0 Å². The summed E-state index contributed by atoms with van der Waals surface area (Å²) in [6, 6.07) is 9.90. The van der Waals surface area contributed by atoms with Gasteiger partial charge < -0.3 is 16.0 Å². The lowest BCUT2D eigenvalue weighted by atomic mass is 9.97. The maximum atomic E-state index is 4.59. The van der Waals surface area contributed by atoms with Crippen molar-refractivity contribution >= 4 is 17.5 Å². The summed E-state index contributed by atoms with van der Waals surface area (Å²) >= 11 is 0. The summed E-state index contributed by atoms with van der Waals surface area (Å²) in [5, 5.41) is 10.2. The van der Waals surface area contributed by atoms with Crippen LogP contribution in [0.1, 0.15) is 33.6 Å². The molecule has 0 amide bonds. The van der Waals surface area contributed by atoms with E-state index in [1.807, 2.05) is 30.3 Å². The summed E-state index contributed by atoms with van der Waals surface area (Å²) in [7, 11) is 0. The lowest BCUT2D eigenvalue weighted by Crippen LogP contribution is -2.38. The summed E-state index contributed by atoms with van der Waals surface area (Å²) in [6.45, 7) is 6.50. The Bertz CT molecular complexity index is 1010. The third-order valence-corrected chi connectivity index (χ3v) is 4.48. The van der Waals surface area contributed by atoms with Crippen LogP contribution in [0.25, 0.3) is 11.1 Å². The first kappa shape index (κ1) is 18.9. The number of nitrogens with zero attached hydrogens (tertiary/aromatic N) is 4. The van der Waals surface area contributed by atoms with Gasteiger partial charge in [-0.3, -0.25) is 0 Å². The van der Waals surface area contributed by atoms with Crippen molar-refractivity contribution in [3.63, 3.8) is 0 Å². The Morgan fingerprint density at radius 3 is 2.21 bits per heavy atom. The fourth-order valence-corrected chi connectivity index (χ4v) is 3.07. The van der Waals surface area contributed by atoms with Crippen molar-refractivity contribution in [2.75, 3.05) is 10.6 Å². The number of hydrogen-bond acceptors (Lipinski definition) is 7. The summed E-state index contributed by atoms with van der Waals surface area (Å²) in [6.07, 6.45) is 8.96. The van der Waals surface area contributed by atoms with Crippen LogP contribution in [0, 0.1) is 0 Å². The molecule has 2 aromatic heterocycles. The lowest BCUT2D eigenvalue weighted by molar-refractivity contribution is 0.446. The van der Waals surface area contributed by atoms with Crippen LogP contribution in [0.5, 0.6) is 0 Å². The molecule has 3 aromatic rings. The molecule has 0 aliphatic heterocycles. The molecular weight excluding hydrogens is 362 g/mol. The minimum atomic E-state index is 0.0547. The van der Waals surface area contributed by atoms with Crippen LogP contribution in [-0.2, 0) is 0 Å². The molecule has 1 aliphatic rings. The maximum absolute atomic E-state index is 4.59. The molecule has 1 aromatic carbocycles. The van der Waals surface area contributed by atoms with Crippen LogP contribution >= 0.6 is 0 Å². The van der Waals surface area contributed by atoms with Crippen molar-refractivity contribution in [2.45, 2.75) is 39.2 Å².